The van der Waals surface area contributed by atoms with Crippen LogP contribution < -0.4 is 15.0 Å². The van der Waals surface area contributed by atoms with E-state index < -0.39 is 6.04 Å². The SMILES string of the molecule is COc1ccccc1CNC(=O)CC1N=C2c3ccccc3N=C(SCC(=O)N3CCN(c4ccccc4)CC3)N2C1=O. The summed E-state index contributed by atoms with van der Waals surface area (Å²) in [6, 6.07) is 24.2. The lowest BCUT2D eigenvalue weighted by molar-refractivity contribution is -0.129. The van der Waals surface area contributed by atoms with Gasteiger partial charge in [0.1, 0.15) is 17.6 Å². The third-order valence-corrected chi connectivity index (χ3v) is 8.60. The topological polar surface area (TPSA) is 107 Å². The Balaban J connectivity index is 1.10. The molecule has 0 saturated carbocycles. The van der Waals surface area contributed by atoms with Gasteiger partial charge in [0.2, 0.25) is 11.8 Å². The maximum atomic E-state index is 13.6. The second-order valence-corrected chi connectivity index (χ2v) is 11.3. The van der Waals surface area contributed by atoms with Crippen molar-refractivity contribution in [1.29, 1.82) is 0 Å². The number of para-hydroxylation sites is 3. The maximum absolute atomic E-state index is 13.6. The molecular formula is C32H32N6O4S. The molecule has 10 nitrogen and oxygen atoms in total. The average molecular weight is 597 g/mol. The number of carbonyl (C=O) groups excluding carboxylic acids is 3. The number of aliphatic imine (C=N–C) groups is 2. The van der Waals surface area contributed by atoms with Gasteiger partial charge >= 0.3 is 0 Å². The lowest BCUT2D eigenvalue weighted by Crippen LogP contribution is -2.49. The van der Waals surface area contributed by atoms with Crippen LogP contribution in [-0.2, 0) is 20.9 Å². The molecular weight excluding hydrogens is 564 g/mol. The van der Waals surface area contributed by atoms with E-state index >= 15 is 0 Å². The highest BCUT2D eigenvalue weighted by atomic mass is 32.2. The van der Waals surface area contributed by atoms with Crippen molar-refractivity contribution in [1.82, 2.24) is 15.1 Å². The monoisotopic (exact) mass is 596 g/mol. The Kier molecular flexibility index (Phi) is 8.41. The summed E-state index contributed by atoms with van der Waals surface area (Å²) in [5.74, 6) is 0.665. The molecule has 3 aromatic carbocycles. The van der Waals surface area contributed by atoms with Gasteiger partial charge in [-0.2, -0.15) is 0 Å². The summed E-state index contributed by atoms with van der Waals surface area (Å²) >= 11 is 1.23. The van der Waals surface area contributed by atoms with Gasteiger partial charge in [-0.25, -0.2) is 9.89 Å². The number of nitrogens with one attached hydrogen (secondary N) is 1. The smallest absolute Gasteiger partial charge is 0.259 e. The van der Waals surface area contributed by atoms with Crippen LogP contribution in [0.5, 0.6) is 5.75 Å². The van der Waals surface area contributed by atoms with Crippen LogP contribution in [0, 0.1) is 0 Å². The van der Waals surface area contributed by atoms with Crippen molar-refractivity contribution in [2.24, 2.45) is 9.98 Å². The Labute approximate surface area is 254 Å². The van der Waals surface area contributed by atoms with E-state index in [9.17, 15) is 14.4 Å². The van der Waals surface area contributed by atoms with Gasteiger partial charge in [-0.15, -0.1) is 0 Å². The molecule has 220 valence electrons. The van der Waals surface area contributed by atoms with Crippen molar-refractivity contribution in [3.63, 3.8) is 0 Å². The second-order valence-electron chi connectivity index (χ2n) is 10.3. The zero-order valence-electron chi connectivity index (χ0n) is 23.8. The van der Waals surface area contributed by atoms with Crippen molar-refractivity contribution in [2.45, 2.75) is 19.0 Å². The number of amidine groups is 2. The summed E-state index contributed by atoms with van der Waals surface area (Å²) in [5.41, 5.74) is 3.39. The summed E-state index contributed by atoms with van der Waals surface area (Å²) in [6.45, 7) is 3.06. The van der Waals surface area contributed by atoms with Crippen LogP contribution in [0.15, 0.2) is 88.8 Å². The molecule has 0 aliphatic carbocycles. The van der Waals surface area contributed by atoms with Gasteiger partial charge in [-0.05, 0) is 30.3 Å². The van der Waals surface area contributed by atoms with Gasteiger partial charge in [0.15, 0.2) is 5.17 Å². The third-order valence-electron chi connectivity index (χ3n) is 7.67. The number of anilines is 1. The van der Waals surface area contributed by atoms with Crippen LogP contribution in [0.4, 0.5) is 11.4 Å². The van der Waals surface area contributed by atoms with E-state index in [1.54, 1.807) is 7.11 Å². The quantitative estimate of drug-likeness (QED) is 0.427. The number of rotatable bonds is 8. The zero-order valence-corrected chi connectivity index (χ0v) is 24.6. The predicted octanol–water partition coefficient (Wildman–Crippen LogP) is 3.44. The fourth-order valence-electron chi connectivity index (χ4n) is 5.39. The number of amides is 3. The van der Waals surface area contributed by atoms with Gasteiger partial charge in [0.25, 0.3) is 5.91 Å². The molecule has 1 fully saturated rings. The number of hydrogen-bond donors (Lipinski definition) is 1. The molecule has 3 amide bonds. The van der Waals surface area contributed by atoms with Crippen LogP contribution >= 0.6 is 11.8 Å². The van der Waals surface area contributed by atoms with Crippen LogP contribution in [0.1, 0.15) is 17.5 Å². The molecule has 0 bridgehead atoms. The molecule has 1 N–H and O–H groups in total. The minimum Gasteiger partial charge on any atom is -0.496 e. The van der Waals surface area contributed by atoms with Crippen molar-refractivity contribution in [3.8, 4) is 5.75 Å². The number of thioether (sulfide) groups is 1. The van der Waals surface area contributed by atoms with Gasteiger partial charge in [0, 0.05) is 49.5 Å². The molecule has 1 saturated heterocycles. The minimum atomic E-state index is -0.883. The van der Waals surface area contributed by atoms with Gasteiger partial charge in [-0.1, -0.05) is 60.3 Å². The Bertz CT molecular complexity index is 1590. The summed E-state index contributed by atoms with van der Waals surface area (Å²) in [5, 5.41) is 3.27. The molecule has 6 rings (SSSR count). The Morgan fingerprint density at radius 3 is 2.47 bits per heavy atom. The van der Waals surface area contributed by atoms with Crippen LogP contribution in [0.25, 0.3) is 0 Å². The average Bonchev–Trinajstić information content (AvgIpc) is 3.38. The number of benzene rings is 3. The third kappa shape index (κ3) is 6.12. The van der Waals surface area contributed by atoms with E-state index in [-0.39, 0.29) is 36.4 Å². The molecule has 3 aromatic rings. The first-order valence-electron chi connectivity index (χ1n) is 14.2. The molecule has 1 unspecified atom stereocenters. The molecule has 0 radical (unpaired) electrons. The van der Waals surface area contributed by atoms with Crippen LogP contribution in [-0.4, -0.2) is 83.6 Å². The number of hydrogen-bond acceptors (Lipinski definition) is 8. The van der Waals surface area contributed by atoms with Crippen molar-refractivity contribution >= 4 is 51.9 Å². The van der Waals surface area contributed by atoms with Gasteiger partial charge in [-0.3, -0.25) is 19.4 Å². The largest absolute Gasteiger partial charge is 0.496 e. The summed E-state index contributed by atoms with van der Waals surface area (Å²) < 4.78 is 5.36. The molecule has 11 heteroatoms. The Morgan fingerprint density at radius 1 is 0.953 bits per heavy atom. The van der Waals surface area contributed by atoms with E-state index in [1.807, 2.05) is 71.6 Å². The Hall–Kier alpha value is -4.64. The van der Waals surface area contributed by atoms with E-state index in [4.69, 9.17) is 9.73 Å². The molecule has 0 spiro atoms. The van der Waals surface area contributed by atoms with E-state index in [0.717, 1.165) is 29.9 Å². The number of piperazine rings is 1. The number of nitrogens with zero attached hydrogens (tertiary/aromatic N) is 5. The number of methoxy groups -OCH3 is 1. The normalized spacial score (nSPS) is 17.6. The van der Waals surface area contributed by atoms with E-state index in [2.05, 4.69) is 27.3 Å². The lowest BCUT2D eigenvalue weighted by Gasteiger charge is -2.36. The fourth-order valence-corrected chi connectivity index (χ4v) is 6.30. The summed E-state index contributed by atoms with van der Waals surface area (Å²) in [6.07, 6.45) is -0.0985. The highest BCUT2D eigenvalue weighted by Gasteiger charge is 2.42. The molecule has 3 aliphatic rings. The lowest BCUT2D eigenvalue weighted by atomic mass is 10.1. The summed E-state index contributed by atoms with van der Waals surface area (Å²) in [7, 11) is 1.58. The van der Waals surface area contributed by atoms with Crippen molar-refractivity contribution in [3.05, 3.63) is 90.0 Å². The van der Waals surface area contributed by atoms with Crippen molar-refractivity contribution < 1.29 is 19.1 Å². The van der Waals surface area contributed by atoms with E-state index in [0.29, 0.717) is 35.5 Å². The highest BCUT2D eigenvalue weighted by molar-refractivity contribution is 8.14. The molecule has 3 aliphatic heterocycles. The first-order chi connectivity index (χ1) is 21.0. The maximum Gasteiger partial charge on any atom is 0.259 e. The number of fused-ring (bicyclic) bond motifs is 3. The predicted molar refractivity (Wildman–Crippen MR) is 168 cm³/mol. The molecule has 43 heavy (non-hydrogen) atoms. The number of carbonyl (C=O) groups is 3. The van der Waals surface area contributed by atoms with Crippen LogP contribution in [0.3, 0.4) is 0 Å². The molecule has 0 aromatic heterocycles. The fraction of sp³-hybridized carbons (Fsp3) is 0.281. The van der Waals surface area contributed by atoms with Crippen LogP contribution in [0.2, 0.25) is 0 Å². The van der Waals surface area contributed by atoms with E-state index in [1.165, 1.54) is 16.7 Å². The molecule has 3 heterocycles. The zero-order chi connectivity index (χ0) is 29.8. The standard InChI is InChI=1S/C32H32N6O4S/c1-42-27-14-8-5-9-22(27)20-33-28(39)19-26-31(41)38-30(34-26)24-12-6-7-13-25(24)35-32(38)43-21-29(40)37-17-15-36(16-18-37)23-10-3-2-4-11-23/h2-14,26H,15-21H2,1H3,(H,33,39). The van der Waals surface area contributed by atoms with Gasteiger partial charge in [0.05, 0.1) is 25.0 Å². The van der Waals surface area contributed by atoms with Gasteiger partial charge < -0.3 is 19.9 Å². The first kappa shape index (κ1) is 28.5. The summed E-state index contributed by atoms with van der Waals surface area (Å²) in [4.78, 5) is 54.7. The minimum absolute atomic E-state index is 0.00308. The number of ether oxygens (including phenoxy) is 1. The Morgan fingerprint density at radius 2 is 1.67 bits per heavy atom. The second kappa shape index (κ2) is 12.7. The molecule has 1 atom stereocenters. The van der Waals surface area contributed by atoms with Crippen molar-refractivity contribution in [2.75, 3.05) is 43.9 Å². The first-order valence-corrected chi connectivity index (χ1v) is 15.2. The highest BCUT2D eigenvalue weighted by Crippen LogP contribution is 2.34.